The van der Waals surface area contributed by atoms with E-state index < -0.39 is 0 Å². The molecule has 0 aromatic heterocycles. The molecule has 1 aromatic carbocycles. The number of fused-ring (bicyclic) bond motifs is 1. The minimum Gasteiger partial charge on any atom is -0.396 e. The van der Waals surface area contributed by atoms with Crippen LogP contribution in [0.4, 0.5) is 5.69 Å². The van der Waals surface area contributed by atoms with E-state index in [9.17, 15) is 15.2 Å². The van der Waals surface area contributed by atoms with Crippen LogP contribution in [0.5, 0.6) is 0 Å². The van der Waals surface area contributed by atoms with Crippen LogP contribution < -0.4 is 5.32 Å². The summed E-state index contributed by atoms with van der Waals surface area (Å²) in [6.45, 7) is 0.182. The Hall–Kier alpha value is -1.72. The maximum Gasteiger partial charge on any atom is 0.269 e. The minimum absolute atomic E-state index is 0.164. The van der Waals surface area contributed by atoms with Crippen LogP contribution in [0.25, 0.3) is 0 Å². The first-order valence-corrected chi connectivity index (χ1v) is 7.50. The summed E-state index contributed by atoms with van der Waals surface area (Å²) in [5.74, 6) is 0.232. The van der Waals surface area contributed by atoms with Gasteiger partial charge in [-0.2, -0.15) is 0 Å². The molecule has 0 saturated carbocycles. The first-order chi connectivity index (χ1) is 10.2. The van der Waals surface area contributed by atoms with Crippen molar-refractivity contribution < 1.29 is 10.0 Å². The standard InChI is InChI=1S/C16H20N2O3/c19-10-11-4-6-13(8-11)17-16-3-1-2-12-5-7-14(18(20)21)9-15(12)16/h4-7,9,11,13,16-17,19H,1-3,8,10H2/t11-,13+,16+/m0/s1. The summed E-state index contributed by atoms with van der Waals surface area (Å²) < 4.78 is 0. The number of nitro benzene ring substituents is 1. The van der Waals surface area contributed by atoms with Gasteiger partial charge in [-0.15, -0.1) is 0 Å². The monoisotopic (exact) mass is 288 g/mol. The highest BCUT2D eigenvalue weighted by atomic mass is 16.6. The first-order valence-electron chi connectivity index (χ1n) is 7.50. The van der Waals surface area contributed by atoms with Crippen molar-refractivity contribution in [1.82, 2.24) is 5.32 Å². The Morgan fingerprint density at radius 2 is 2.24 bits per heavy atom. The predicted molar refractivity (Wildman–Crippen MR) is 80.0 cm³/mol. The van der Waals surface area contributed by atoms with E-state index in [4.69, 9.17) is 0 Å². The number of hydrogen-bond donors (Lipinski definition) is 2. The van der Waals surface area contributed by atoms with E-state index in [0.29, 0.717) is 0 Å². The SMILES string of the molecule is O=[N+]([O-])c1ccc2c(c1)[C@H](N[C@@H]1C=C[C@H](CO)C1)CCC2. The molecule has 0 radical (unpaired) electrons. The van der Waals surface area contributed by atoms with E-state index in [0.717, 1.165) is 31.2 Å². The third-order valence-electron chi connectivity index (χ3n) is 4.48. The van der Waals surface area contributed by atoms with Crippen LogP contribution in [-0.2, 0) is 6.42 Å². The molecule has 3 rings (SSSR count). The summed E-state index contributed by atoms with van der Waals surface area (Å²) in [7, 11) is 0. The average Bonchev–Trinajstić information content (AvgIpc) is 2.95. The molecule has 0 unspecified atom stereocenters. The zero-order valence-electron chi connectivity index (χ0n) is 11.9. The van der Waals surface area contributed by atoms with Gasteiger partial charge in [-0.25, -0.2) is 0 Å². The van der Waals surface area contributed by atoms with E-state index in [1.165, 1.54) is 5.56 Å². The lowest BCUT2D eigenvalue weighted by atomic mass is 9.87. The van der Waals surface area contributed by atoms with E-state index in [1.807, 2.05) is 6.07 Å². The Balaban J connectivity index is 1.78. The summed E-state index contributed by atoms with van der Waals surface area (Å²) in [6.07, 6.45) is 8.15. The number of nitrogens with one attached hydrogen (secondary N) is 1. The Labute approximate surface area is 123 Å². The maximum absolute atomic E-state index is 11.0. The zero-order valence-corrected chi connectivity index (χ0v) is 11.9. The number of nitro groups is 1. The van der Waals surface area contributed by atoms with Gasteiger partial charge in [0.25, 0.3) is 5.69 Å². The van der Waals surface area contributed by atoms with Crippen molar-refractivity contribution in [2.45, 2.75) is 37.8 Å². The van der Waals surface area contributed by atoms with Gasteiger partial charge in [0.15, 0.2) is 0 Å². The molecule has 0 heterocycles. The second kappa shape index (κ2) is 5.95. The number of hydrogen-bond acceptors (Lipinski definition) is 4. The highest BCUT2D eigenvalue weighted by molar-refractivity contribution is 5.43. The number of aliphatic hydroxyl groups excluding tert-OH is 1. The molecule has 3 atom stereocenters. The van der Waals surface area contributed by atoms with Gasteiger partial charge in [-0.1, -0.05) is 18.2 Å². The number of aliphatic hydroxyl groups is 1. The number of benzene rings is 1. The summed E-state index contributed by atoms with van der Waals surface area (Å²) in [5.41, 5.74) is 2.44. The Morgan fingerprint density at radius 3 is 2.95 bits per heavy atom. The first kappa shape index (κ1) is 14.2. The summed E-state index contributed by atoms with van der Waals surface area (Å²) >= 11 is 0. The highest BCUT2D eigenvalue weighted by Crippen LogP contribution is 2.33. The van der Waals surface area contributed by atoms with Gasteiger partial charge in [-0.05, 0) is 36.8 Å². The normalized spacial score (nSPS) is 27.6. The molecule has 0 bridgehead atoms. The number of nitrogens with zero attached hydrogens (tertiary/aromatic N) is 1. The zero-order chi connectivity index (χ0) is 14.8. The fraction of sp³-hybridized carbons (Fsp3) is 0.500. The number of rotatable bonds is 4. The molecule has 5 nitrogen and oxygen atoms in total. The Bertz CT molecular complexity index is 571. The quantitative estimate of drug-likeness (QED) is 0.507. The van der Waals surface area contributed by atoms with Crippen molar-refractivity contribution in [3.05, 3.63) is 51.6 Å². The van der Waals surface area contributed by atoms with Crippen LogP contribution in [0, 0.1) is 16.0 Å². The van der Waals surface area contributed by atoms with Gasteiger partial charge in [0.05, 0.1) is 4.92 Å². The fourth-order valence-electron chi connectivity index (χ4n) is 3.37. The minimum atomic E-state index is -0.330. The van der Waals surface area contributed by atoms with Gasteiger partial charge in [0.1, 0.15) is 0 Å². The van der Waals surface area contributed by atoms with Gasteiger partial charge >= 0.3 is 0 Å². The van der Waals surface area contributed by atoms with Crippen molar-refractivity contribution in [3.8, 4) is 0 Å². The van der Waals surface area contributed by atoms with Gasteiger partial charge in [-0.3, -0.25) is 10.1 Å². The molecule has 0 amide bonds. The van der Waals surface area contributed by atoms with Crippen LogP contribution in [0.15, 0.2) is 30.4 Å². The average molecular weight is 288 g/mol. The molecule has 0 fully saturated rings. The van der Waals surface area contributed by atoms with Gasteiger partial charge < -0.3 is 10.4 Å². The molecule has 0 spiro atoms. The topological polar surface area (TPSA) is 75.4 Å². The molecule has 21 heavy (non-hydrogen) atoms. The van der Waals surface area contributed by atoms with E-state index >= 15 is 0 Å². The summed E-state index contributed by atoms with van der Waals surface area (Å²) in [4.78, 5) is 10.6. The summed E-state index contributed by atoms with van der Waals surface area (Å²) in [6, 6.07) is 5.62. The maximum atomic E-state index is 11.0. The Morgan fingerprint density at radius 1 is 1.38 bits per heavy atom. The second-order valence-corrected chi connectivity index (χ2v) is 5.92. The molecule has 0 aliphatic heterocycles. The largest absolute Gasteiger partial charge is 0.396 e. The van der Waals surface area contributed by atoms with Crippen LogP contribution in [0.2, 0.25) is 0 Å². The summed E-state index contributed by atoms with van der Waals surface area (Å²) in [5, 5.41) is 23.7. The van der Waals surface area contributed by atoms with Crippen LogP contribution >= 0.6 is 0 Å². The van der Waals surface area contributed by atoms with Crippen LogP contribution in [0.1, 0.15) is 36.4 Å². The number of aryl methyl sites for hydroxylation is 1. The molecular formula is C16H20N2O3. The Kier molecular flexibility index (Phi) is 4.03. The molecular weight excluding hydrogens is 268 g/mol. The van der Waals surface area contributed by atoms with Crippen molar-refractivity contribution in [1.29, 1.82) is 0 Å². The van der Waals surface area contributed by atoms with E-state index in [2.05, 4.69) is 17.5 Å². The van der Waals surface area contributed by atoms with E-state index in [-0.39, 0.29) is 35.2 Å². The molecule has 0 saturated heterocycles. The lowest BCUT2D eigenvalue weighted by molar-refractivity contribution is -0.385. The predicted octanol–water partition coefficient (Wildman–Crippen LogP) is 2.50. The van der Waals surface area contributed by atoms with Crippen molar-refractivity contribution >= 4 is 5.69 Å². The molecule has 2 aliphatic carbocycles. The van der Waals surface area contributed by atoms with Crippen molar-refractivity contribution in [2.24, 2.45) is 5.92 Å². The third kappa shape index (κ3) is 2.99. The van der Waals surface area contributed by atoms with Crippen LogP contribution in [-0.4, -0.2) is 22.7 Å². The van der Waals surface area contributed by atoms with Crippen molar-refractivity contribution in [2.75, 3.05) is 6.61 Å². The van der Waals surface area contributed by atoms with E-state index in [1.54, 1.807) is 12.1 Å². The number of non-ortho nitro benzene ring substituents is 1. The third-order valence-corrected chi connectivity index (χ3v) is 4.48. The lowest BCUT2D eigenvalue weighted by Crippen LogP contribution is -2.33. The van der Waals surface area contributed by atoms with Crippen molar-refractivity contribution in [3.63, 3.8) is 0 Å². The lowest BCUT2D eigenvalue weighted by Gasteiger charge is -2.29. The fourth-order valence-corrected chi connectivity index (χ4v) is 3.37. The molecule has 2 N–H and O–H groups in total. The second-order valence-electron chi connectivity index (χ2n) is 5.92. The molecule has 1 aromatic rings. The molecule has 5 heteroatoms. The molecule has 112 valence electrons. The highest BCUT2D eigenvalue weighted by Gasteiger charge is 2.26. The van der Waals surface area contributed by atoms with Crippen LogP contribution in [0.3, 0.4) is 0 Å². The smallest absolute Gasteiger partial charge is 0.269 e. The molecule has 2 aliphatic rings. The van der Waals surface area contributed by atoms with Gasteiger partial charge in [0.2, 0.25) is 0 Å². The van der Waals surface area contributed by atoms with Gasteiger partial charge in [0, 0.05) is 36.7 Å².